The van der Waals surface area contributed by atoms with Gasteiger partial charge < -0.3 is 24.7 Å². The minimum atomic E-state index is -0.607. The Morgan fingerprint density at radius 3 is 2.37 bits per heavy atom. The highest BCUT2D eigenvalue weighted by atomic mass is 16.6. The van der Waals surface area contributed by atoms with Crippen LogP contribution in [-0.4, -0.2) is 44.6 Å². The summed E-state index contributed by atoms with van der Waals surface area (Å²) in [4.78, 5) is 24.7. The first-order valence-electron chi connectivity index (χ1n) is 10.1. The van der Waals surface area contributed by atoms with Gasteiger partial charge in [-0.25, -0.2) is 9.59 Å². The van der Waals surface area contributed by atoms with E-state index in [0.717, 1.165) is 12.0 Å². The van der Waals surface area contributed by atoms with Crippen LogP contribution in [0, 0.1) is 0 Å². The molecule has 1 aliphatic rings. The van der Waals surface area contributed by atoms with Crippen molar-refractivity contribution in [2.24, 2.45) is 0 Å². The summed E-state index contributed by atoms with van der Waals surface area (Å²) in [7, 11) is 0. The molecule has 30 heavy (non-hydrogen) atoms. The highest BCUT2D eigenvalue weighted by Gasteiger charge is 2.34. The lowest BCUT2D eigenvalue weighted by atomic mass is 9.86. The van der Waals surface area contributed by atoms with Gasteiger partial charge in [0.05, 0.1) is 12.1 Å². The summed E-state index contributed by atoms with van der Waals surface area (Å²) < 4.78 is 12.7. The first kappa shape index (κ1) is 21.6. The molecule has 0 bridgehead atoms. The van der Waals surface area contributed by atoms with Crippen molar-refractivity contribution in [1.29, 1.82) is 0 Å². The standard InChI is InChI=1S/C21H29N5O4/c1-21(2,3)30-20(28)25-18-11-16(26-13-22-23-14-26)9-10-17(18)24-19(27)29-12-15-7-5-4-6-8-15/h4-8,13-14,16-18H,9-12H2,1-3H3,(H,24,27)(H,25,28)/t16-,17-,18+/m0/s1. The van der Waals surface area contributed by atoms with E-state index in [1.807, 2.05) is 55.7 Å². The van der Waals surface area contributed by atoms with Gasteiger partial charge in [-0.1, -0.05) is 30.3 Å². The number of nitrogens with zero attached hydrogens (tertiary/aromatic N) is 3. The number of carbonyl (C=O) groups is 2. The van der Waals surface area contributed by atoms with Crippen molar-refractivity contribution in [3.63, 3.8) is 0 Å². The number of amides is 2. The van der Waals surface area contributed by atoms with Crippen molar-refractivity contribution in [2.45, 2.75) is 70.4 Å². The molecule has 1 aromatic heterocycles. The van der Waals surface area contributed by atoms with Crippen LogP contribution in [0.5, 0.6) is 0 Å². The topological polar surface area (TPSA) is 107 Å². The lowest BCUT2D eigenvalue weighted by Crippen LogP contribution is -2.55. The molecule has 9 nitrogen and oxygen atoms in total. The third kappa shape index (κ3) is 6.47. The van der Waals surface area contributed by atoms with E-state index in [1.54, 1.807) is 12.7 Å². The predicted molar refractivity (Wildman–Crippen MR) is 110 cm³/mol. The average Bonchev–Trinajstić information content (AvgIpc) is 3.22. The highest BCUT2D eigenvalue weighted by Crippen LogP contribution is 2.29. The van der Waals surface area contributed by atoms with E-state index >= 15 is 0 Å². The smallest absolute Gasteiger partial charge is 0.407 e. The van der Waals surface area contributed by atoms with Crippen LogP contribution in [0.15, 0.2) is 43.0 Å². The summed E-state index contributed by atoms with van der Waals surface area (Å²) in [5, 5.41) is 13.5. The lowest BCUT2D eigenvalue weighted by Gasteiger charge is -2.37. The zero-order valence-corrected chi connectivity index (χ0v) is 17.6. The van der Waals surface area contributed by atoms with Gasteiger partial charge in [-0.3, -0.25) is 0 Å². The molecular formula is C21H29N5O4. The van der Waals surface area contributed by atoms with Crippen LogP contribution < -0.4 is 10.6 Å². The molecule has 0 saturated heterocycles. The van der Waals surface area contributed by atoms with Crippen LogP contribution in [0.4, 0.5) is 9.59 Å². The van der Waals surface area contributed by atoms with E-state index in [4.69, 9.17) is 9.47 Å². The fraction of sp³-hybridized carbons (Fsp3) is 0.524. The maximum absolute atomic E-state index is 12.4. The quantitative estimate of drug-likeness (QED) is 0.777. The first-order valence-corrected chi connectivity index (χ1v) is 10.1. The van der Waals surface area contributed by atoms with Gasteiger partial charge in [-0.05, 0) is 45.6 Å². The van der Waals surface area contributed by atoms with E-state index in [2.05, 4.69) is 20.8 Å². The molecule has 3 atom stereocenters. The van der Waals surface area contributed by atoms with Crippen molar-refractivity contribution < 1.29 is 19.1 Å². The first-order chi connectivity index (χ1) is 14.3. The number of nitrogens with one attached hydrogen (secondary N) is 2. The number of aromatic nitrogens is 3. The molecule has 0 radical (unpaired) electrons. The fourth-order valence-corrected chi connectivity index (χ4v) is 3.52. The van der Waals surface area contributed by atoms with Crippen LogP contribution in [0.2, 0.25) is 0 Å². The number of hydrogen-bond donors (Lipinski definition) is 2. The minimum Gasteiger partial charge on any atom is -0.445 e. The summed E-state index contributed by atoms with van der Waals surface area (Å²) in [6.45, 7) is 5.62. The van der Waals surface area contributed by atoms with Crippen molar-refractivity contribution in [3.8, 4) is 0 Å². The number of rotatable bonds is 5. The van der Waals surface area contributed by atoms with Crippen LogP contribution in [0.3, 0.4) is 0 Å². The average molecular weight is 415 g/mol. The van der Waals surface area contributed by atoms with Crippen LogP contribution in [0.25, 0.3) is 0 Å². The fourth-order valence-electron chi connectivity index (χ4n) is 3.52. The molecule has 0 unspecified atom stereocenters. The van der Waals surface area contributed by atoms with E-state index in [-0.39, 0.29) is 24.7 Å². The molecule has 9 heteroatoms. The number of ether oxygens (including phenoxy) is 2. The molecule has 2 amide bonds. The predicted octanol–water partition coefficient (Wildman–Crippen LogP) is 3.19. The zero-order chi connectivity index (χ0) is 21.6. The summed E-state index contributed by atoms with van der Waals surface area (Å²) in [6.07, 6.45) is 4.40. The zero-order valence-electron chi connectivity index (χ0n) is 17.6. The second-order valence-electron chi connectivity index (χ2n) is 8.44. The van der Waals surface area contributed by atoms with Gasteiger partial charge in [0, 0.05) is 6.04 Å². The van der Waals surface area contributed by atoms with Gasteiger partial charge in [-0.2, -0.15) is 0 Å². The van der Waals surface area contributed by atoms with E-state index in [0.29, 0.717) is 12.8 Å². The summed E-state index contributed by atoms with van der Waals surface area (Å²) >= 11 is 0. The van der Waals surface area contributed by atoms with Gasteiger partial charge in [0.2, 0.25) is 0 Å². The van der Waals surface area contributed by atoms with E-state index < -0.39 is 17.8 Å². The summed E-state index contributed by atoms with van der Waals surface area (Å²) in [6, 6.07) is 9.02. The molecule has 1 saturated carbocycles. The van der Waals surface area contributed by atoms with Gasteiger partial charge in [0.15, 0.2) is 0 Å². The molecule has 1 aliphatic carbocycles. The number of carbonyl (C=O) groups excluding carboxylic acids is 2. The lowest BCUT2D eigenvalue weighted by molar-refractivity contribution is 0.0464. The van der Waals surface area contributed by atoms with E-state index in [9.17, 15) is 9.59 Å². The molecule has 1 fully saturated rings. The van der Waals surface area contributed by atoms with Gasteiger partial charge in [0.1, 0.15) is 24.9 Å². The molecule has 1 aromatic carbocycles. The molecule has 162 valence electrons. The second-order valence-corrected chi connectivity index (χ2v) is 8.44. The third-order valence-electron chi connectivity index (χ3n) is 4.90. The third-order valence-corrected chi connectivity index (χ3v) is 4.90. The Kier molecular flexibility index (Phi) is 6.91. The van der Waals surface area contributed by atoms with Crippen LogP contribution >= 0.6 is 0 Å². The normalized spacial score (nSPS) is 21.5. The maximum atomic E-state index is 12.4. The Morgan fingerprint density at radius 1 is 1.03 bits per heavy atom. The largest absolute Gasteiger partial charge is 0.445 e. The van der Waals surface area contributed by atoms with Crippen molar-refractivity contribution in [2.75, 3.05) is 0 Å². The number of alkyl carbamates (subject to hydrolysis) is 2. The molecule has 0 aliphatic heterocycles. The minimum absolute atomic E-state index is 0.123. The molecule has 2 aromatic rings. The summed E-state index contributed by atoms with van der Waals surface area (Å²) in [5.74, 6) is 0. The Balaban J connectivity index is 1.61. The number of benzene rings is 1. The van der Waals surface area contributed by atoms with Crippen molar-refractivity contribution in [1.82, 2.24) is 25.4 Å². The molecule has 2 N–H and O–H groups in total. The SMILES string of the molecule is CC(C)(C)OC(=O)N[C@@H]1C[C@@H](n2cnnc2)CC[C@@H]1NC(=O)OCc1ccccc1. The van der Waals surface area contributed by atoms with Crippen LogP contribution in [-0.2, 0) is 16.1 Å². The maximum Gasteiger partial charge on any atom is 0.407 e. The second kappa shape index (κ2) is 9.60. The van der Waals surface area contributed by atoms with E-state index in [1.165, 1.54) is 0 Å². The summed E-state index contributed by atoms with van der Waals surface area (Å²) in [5.41, 5.74) is 0.302. The Morgan fingerprint density at radius 2 is 1.70 bits per heavy atom. The van der Waals surface area contributed by atoms with Crippen molar-refractivity contribution >= 4 is 12.2 Å². The Labute approximate surface area is 176 Å². The molecule has 3 rings (SSSR count). The molecule has 1 heterocycles. The van der Waals surface area contributed by atoms with Gasteiger partial charge in [0.25, 0.3) is 0 Å². The number of hydrogen-bond acceptors (Lipinski definition) is 6. The Hall–Kier alpha value is -3.10. The van der Waals surface area contributed by atoms with Crippen molar-refractivity contribution in [3.05, 3.63) is 48.5 Å². The molecular weight excluding hydrogens is 386 g/mol. The van der Waals surface area contributed by atoms with Crippen LogP contribution in [0.1, 0.15) is 51.6 Å². The molecule has 0 spiro atoms. The van der Waals surface area contributed by atoms with Gasteiger partial charge >= 0.3 is 12.2 Å². The van der Waals surface area contributed by atoms with Gasteiger partial charge in [-0.15, -0.1) is 10.2 Å². The Bertz CT molecular complexity index is 820. The monoisotopic (exact) mass is 415 g/mol. The highest BCUT2D eigenvalue weighted by molar-refractivity contribution is 5.69.